The van der Waals surface area contributed by atoms with Crippen LogP contribution in [0.4, 0.5) is 0 Å². The van der Waals surface area contributed by atoms with Gasteiger partial charge in [0.15, 0.2) is 11.5 Å². The molecule has 1 aromatic rings. The summed E-state index contributed by atoms with van der Waals surface area (Å²) in [5.41, 5.74) is 1.04. The van der Waals surface area contributed by atoms with Crippen LogP contribution >= 0.6 is 0 Å². The maximum absolute atomic E-state index is 12.0. The van der Waals surface area contributed by atoms with Crippen LogP contribution in [0.3, 0.4) is 0 Å². The van der Waals surface area contributed by atoms with Gasteiger partial charge in [0, 0.05) is 19.5 Å². The van der Waals surface area contributed by atoms with E-state index >= 15 is 0 Å². The van der Waals surface area contributed by atoms with Crippen molar-refractivity contribution in [2.24, 2.45) is 0 Å². The number of carbonyl (C=O) groups is 2. The summed E-state index contributed by atoms with van der Waals surface area (Å²) >= 11 is 0. The molecule has 1 aromatic carbocycles. The molecule has 6 nitrogen and oxygen atoms in total. The van der Waals surface area contributed by atoms with Gasteiger partial charge in [-0.15, -0.1) is 0 Å². The Morgan fingerprint density at radius 3 is 2.42 bits per heavy atom. The lowest BCUT2D eigenvalue weighted by atomic mass is 10.1. The number of nitrogens with zero attached hydrogens (tertiary/aromatic N) is 1. The average Bonchev–Trinajstić information content (AvgIpc) is 2.58. The zero-order valence-electron chi connectivity index (χ0n) is 15.2. The van der Waals surface area contributed by atoms with Gasteiger partial charge in [-0.05, 0) is 37.5 Å². The minimum Gasteiger partial charge on any atom is -0.493 e. The summed E-state index contributed by atoms with van der Waals surface area (Å²) < 4.78 is 10.5. The highest BCUT2D eigenvalue weighted by Gasteiger charge is 2.18. The Kier molecular flexibility index (Phi) is 8.09. The summed E-state index contributed by atoms with van der Waals surface area (Å²) in [6.07, 6.45) is 1.49. The second-order valence-electron chi connectivity index (χ2n) is 5.69. The van der Waals surface area contributed by atoms with Crippen LogP contribution in [0, 0.1) is 0 Å². The Hall–Kier alpha value is -2.24. The van der Waals surface area contributed by atoms with Crippen LogP contribution in [0.2, 0.25) is 0 Å². The van der Waals surface area contributed by atoms with Crippen molar-refractivity contribution in [2.45, 2.75) is 39.7 Å². The topological polar surface area (TPSA) is 67.9 Å². The monoisotopic (exact) mass is 336 g/mol. The highest BCUT2D eigenvalue weighted by molar-refractivity contribution is 5.83. The quantitative estimate of drug-likeness (QED) is 0.749. The second-order valence-corrected chi connectivity index (χ2v) is 5.69. The van der Waals surface area contributed by atoms with Crippen LogP contribution in [0.5, 0.6) is 11.5 Å². The predicted molar refractivity (Wildman–Crippen MR) is 93.4 cm³/mol. The average molecular weight is 336 g/mol. The molecule has 0 aliphatic rings. The van der Waals surface area contributed by atoms with E-state index in [9.17, 15) is 9.59 Å². The van der Waals surface area contributed by atoms with Gasteiger partial charge in [-0.2, -0.15) is 0 Å². The van der Waals surface area contributed by atoms with Gasteiger partial charge in [0.1, 0.15) is 0 Å². The lowest BCUT2D eigenvalue weighted by molar-refractivity contribution is -0.136. The van der Waals surface area contributed by atoms with E-state index in [2.05, 4.69) is 5.32 Å². The van der Waals surface area contributed by atoms with Crippen molar-refractivity contribution in [2.75, 3.05) is 27.3 Å². The Labute approximate surface area is 144 Å². The second kappa shape index (κ2) is 9.80. The lowest BCUT2D eigenvalue weighted by Crippen LogP contribution is -2.44. The Balaban J connectivity index is 2.52. The molecule has 1 N–H and O–H groups in total. The van der Waals surface area contributed by atoms with Crippen molar-refractivity contribution in [1.29, 1.82) is 0 Å². The number of ether oxygens (including phenoxy) is 2. The van der Waals surface area contributed by atoms with E-state index in [0.29, 0.717) is 24.5 Å². The SMILES string of the molecule is CCC(C)N(CC(=O)NCCc1ccc(OC)c(OC)c1)C(C)=O. The normalized spacial score (nSPS) is 11.5. The molecule has 24 heavy (non-hydrogen) atoms. The molecule has 0 saturated carbocycles. The van der Waals surface area contributed by atoms with Crippen LogP contribution < -0.4 is 14.8 Å². The molecule has 1 atom stereocenters. The first-order chi connectivity index (χ1) is 11.4. The smallest absolute Gasteiger partial charge is 0.239 e. The van der Waals surface area contributed by atoms with E-state index in [-0.39, 0.29) is 24.4 Å². The van der Waals surface area contributed by atoms with Crippen LogP contribution in [0.15, 0.2) is 18.2 Å². The van der Waals surface area contributed by atoms with Crippen LogP contribution in [0.1, 0.15) is 32.8 Å². The molecule has 0 aliphatic carbocycles. The van der Waals surface area contributed by atoms with Gasteiger partial charge >= 0.3 is 0 Å². The fraction of sp³-hybridized carbons (Fsp3) is 0.556. The van der Waals surface area contributed by atoms with E-state index in [4.69, 9.17) is 9.47 Å². The number of nitrogens with one attached hydrogen (secondary N) is 1. The molecule has 0 heterocycles. The first-order valence-corrected chi connectivity index (χ1v) is 8.17. The molecular weight excluding hydrogens is 308 g/mol. The van der Waals surface area contributed by atoms with Crippen molar-refractivity contribution < 1.29 is 19.1 Å². The number of hydrogen-bond donors (Lipinski definition) is 1. The predicted octanol–water partition coefficient (Wildman–Crippen LogP) is 2.01. The van der Waals surface area contributed by atoms with Gasteiger partial charge in [0.25, 0.3) is 0 Å². The Morgan fingerprint density at radius 1 is 1.21 bits per heavy atom. The Morgan fingerprint density at radius 2 is 1.88 bits per heavy atom. The standard InChI is InChI=1S/C18H28N2O4/c1-6-13(2)20(14(3)21)12-18(22)19-10-9-15-7-8-16(23-4)17(11-15)24-5/h7-8,11,13H,6,9-10,12H2,1-5H3,(H,19,22). The van der Waals surface area contributed by atoms with Gasteiger partial charge in [-0.25, -0.2) is 0 Å². The van der Waals surface area contributed by atoms with Gasteiger partial charge in [0.2, 0.25) is 11.8 Å². The van der Waals surface area contributed by atoms with E-state index in [1.165, 1.54) is 6.92 Å². The number of hydrogen-bond acceptors (Lipinski definition) is 4. The summed E-state index contributed by atoms with van der Waals surface area (Å²) in [4.78, 5) is 25.3. The number of methoxy groups -OCH3 is 2. The number of amides is 2. The van der Waals surface area contributed by atoms with Crippen molar-refractivity contribution in [3.63, 3.8) is 0 Å². The summed E-state index contributed by atoms with van der Waals surface area (Å²) in [7, 11) is 3.18. The molecule has 6 heteroatoms. The van der Waals surface area contributed by atoms with Gasteiger partial charge < -0.3 is 19.7 Å². The first-order valence-electron chi connectivity index (χ1n) is 8.17. The van der Waals surface area contributed by atoms with Gasteiger partial charge in [-0.3, -0.25) is 9.59 Å². The van der Waals surface area contributed by atoms with Crippen LogP contribution in [-0.4, -0.2) is 50.1 Å². The fourth-order valence-electron chi connectivity index (χ4n) is 2.39. The van der Waals surface area contributed by atoms with Crippen molar-refractivity contribution >= 4 is 11.8 Å². The number of rotatable bonds is 9. The first kappa shape index (κ1) is 19.8. The summed E-state index contributed by atoms with van der Waals surface area (Å²) in [5, 5.41) is 2.86. The highest BCUT2D eigenvalue weighted by atomic mass is 16.5. The molecule has 134 valence electrons. The molecule has 0 spiro atoms. The maximum Gasteiger partial charge on any atom is 0.239 e. The molecule has 0 aliphatic heterocycles. The maximum atomic E-state index is 12.0. The third-order valence-corrected chi connectivity index (χ3v) is 4.03. The summed E-state index contributed by atoms with van der Waals surface area (Å²) in [5.74, 6) is 1.11. The largest absolute Gasteiger partial charge is 0.493 e. The highest BCUT2D eigenvalue weighted by Crippen LogP contribution is 2.27. The third kappa shape index (κ3) is 5.76. The lowest BCUT2D eigenvalue weighted by Gasteiger charge is -2.26. The van der Waals surface area contributed by atoms with Crippen molar-refractivity contribution in [3.05, 3.63) is 23.8 Å². The van der Waals surface area contributed by atoms with E-state index in [1.807, 2.05) is 32.0 Å². The van der Waals surface area contributed by atoms with Crippen molar-refractivity contribution in [1.82, 2.24) is 10.2 Å². The molecule has 0 aromatic heterocycles. The van der Waals surface area contributed by atoms with Gasteiger partial charge in [0.05, 0.1) is 20.8 Å². The van der Waals surface area contributed by atoms with E-state index < -0.39 is 0 Å². The molecule has 2 amide bonds. The molecule has 0 fully saturated rings. The molecular formula is C18H28N2O4. The van der Waals surface area contributed by atoms with Gasteiger partial charge in [-0.1, -0.05) is 13.0 Å². The Bertz CT molecular complexity index is 560. The summed E-state index contributed by atoms with van der Waals surface area (Å²) in [6.45, 7) is 6.02. The molecule has 0 saturated heterocycles. The van der Waals surface area contributed by atoms with Crippen LogP contribution in [0.25, 0.3) is 0 Å². The third-order valence-electron chi connectivity index (χ3n) is 4.03. The zero-order valence-corrected chi connectivity index (χ0v) is 15.2. The van der Waals surface area contributed by atoms with Crippen LogP contribution in [-0.2, 0) is 16.0 Å². The minimum atomic E-state index is -0.147. The van der Waals surface area contributed by atoms with E-state index in [1.54, 1.807) is 19.1 Å². The fourth-order valence-corrected chi connectivity index (χ4v) is 2.39. The van der Waals surface area contributed by atoms with Crippen molar-refractivity contribution in [3.8, 4) is 11.5 Å². The minimum absolute atomic E-state index is 0.0547. The number of carbonyl (C=O) groups excluding carboxylic acids is 2. The number of benzene rings is 1. The molecule has 0 bridgehead atoms. The zero-order chi connectivity index (χ0) is 18.1. The molecule has 0 radical (unpaired) electrons. The summed E-state index contributed by atoms with van der Waals surface area (Å²) in [6, 6.07) is 5.73. The molecule has 1 rings (SSSR count). The van der Waals surface area contributed by atoms with E-state index in [0.717, 1.165) is 12.0 Å². The molecule has 1 unspecified atom stereocenters.